The minimum atomic E-state index is -0.219. The maximum Gasteiger partial charge on any atom is 0.242 e. The average Bonchev–Trinajstić information content (AvgIpc) is 2.53. The highest BCUT2D eigenvalue weighted by atomic mass is 32.1. The van der Waals surface area contributed by atoms with Crippen LogP contribution in [0, 0.1) is 0 Å². The van der Waals surface area contributed by atoms with Gasteiger partial charge in [0.1, 0.15) is 0 Å². The SMILES string of the molecule is COCCNC(=S)NNC(=O)Cc1ccc(OC)c(OC)c1. The third kappa shape index (κ3) is 6.15. The zero-order chi connectivity index (χ0) is 16.4. The van der Waals surface area contributed by atoms with Crippen LogP contribution in [0.1, 0.15) is 5.56 Å². The summed E-state index contributed by atoms with van der Waals surface area (Å²) < 4.78 is 15.2. The highest BCUT2D eigenvalue weighted by Gasteiger charge is 2.08. The van der Waals surface area contributed by atoms with Crippen molar-refractivity contribution in [3.63, 3.8) is 0 Å². The summed E-state index contributed by atoms with van der Waals surface area (Å²) in [5.74, 6) is 0.980. The number of amides is 1. The molecule has 1 amide bonds. The summed E-state index contributed by atoms with van der Waals surface area (Å²) in [5, 5.41) is 3.21. The van der Waals surface area contributed by atoms with Crippen molar-refractivity contribution in [2.45, 2.75) is 6.42 Å². The zero-order valence-corrected chi connectivity index (χ0v) is 13.7. The second kappa shape index (κ2) is 9.80. The molecule has 0 saturated heterocycles. The van der Waals surface area contributed by atoms with E-state index in [1.165, 1.54) is 0 Å². The first kappa shape index (κ1) is 18.0. The fraction of sp³-hybridized carbons (Fsp3) is 0.429. The van der Waals surface area contributed by atoms with Gasteiger partial charge in [0.2, 0.25) is 5.91 Å². The maximum atomic E-state index is 11.8. The van der Waals surface area contributed by atoms with E-state index in [2.05, 4.69) is 16.2 Å². The third-order valence-corrected chi connectivity index (χ3v) is 2.97. The van der Waals surface area contributed by atoms with Crippen LogP contribution in [0.4, 0.5) is 0 Å². The van der Waals surface area contributed by atoms with E-state index in [9.17, 15) is 4.79 Å². The molecule has 8 heteroatoms. The van der Waals surface area contributed by atoms with Gasteiger partial charge in [-0.15, -0.1) is 0 Å². The molecule has 0 radical (unpaired) electrons. The quantitative estimate of drug-likeness (QED) is 0.380. The first-order valence-corrected chi connectivity index (χ1v) is 7.04. The molecule has 1 aromatic rings. The molecule has 122 valence electrons. The molecule has 7 nitrogen and oxygen atoms in total. The van der Waals surface area contributed by atoms with Crippen LogP contribution in [0.5, 0.6) is 11.5 Å². The predicted molar refractivity (Wildman–Crippen MR) is 87.0 cm³/mol. The second-order valence-corrected chi connectivity index (χ2v) is 4.70. The van der Waals surface area contributed by atoms with Crippen molar-refractivity contribution in [1.29, 1.82) is 0 Å². The molecule has 0 fully saturated rings. The Hall–Kier alpha value is -2.06. The molecule has 0 saturated carbocycles. The second-order valence-electron chi connectivity index (χ2n) is 4.29. The lowest BCUT2D eigenvalue weighted by molar-refractivity contribution is -0.121. The van der Waals surface area contributed by atoms with Crippen molar-refractivity contribution in [1.82, 2.24) is 16.2 Å². The molecule has 3 N–H and O–H groups in total. The van der Waals surface area contributed by atoms with Gasteiger partial charge in [0.25, 0.3) is 0 Å². The number of benzene rings is 1. The van der Waals surface area contributed by atoms with Gasteiger partial charge >= 0.3 is 0 Å². The van der Waals surface area contributed by atoms with E-state index in [-0.39, 0.29) is 12.3 Å². The van der Waals surface area contributed by atoms with Gasteiger partial charge in [0.05, 0.1) is 27.2 Å². The van der Waals surface area contributed by atoms with Gasteiger partial charge in [0.15, 0.2) is 16.6 Å². The number of carbonyl (C=O) groups is 1. The van der Waals surface area contributed by atoms with E-state index in [1.54, 1.807) is 39.5 Å². The van der Waals surface area contributed by atoms with E-state index in [4.69, 9.17) is 26.4 Å². The predicted octanol–water partition coefficient (Wildman–Crippen LogP) is 0.388. The molecule has 0 aliphatic carbocycles. The summed E-state index contributed by atoms with van der Waals surface area (Å²) in [6.45, 7) is 1.09. The molecule has 0 unspecified atom stereocenters. The van der Waals surface area contributed by atoms with Crippen molar-refractivity contribution in [3.05, 3.63) is 23.8 Å². The molecule has 0 bridgehead atoms. The van der Waals surface area contributed by atoms with Gasteiger partial charge in [-0.1, -0.05) is 6.07 Å². The highest BCUT2D eigenvalue weighted by Crippen LogP contribution is 2.27. The normalized spacial score (nSPS) is 9.77. The molecule has 0 aromatic heterocycles. The number of methoxy groups -OCH3 is 3. The largest absolute Gasteiger partial charge is 0.493 e. The standard InChI is InChI=1S/C14H21N3O4S/c1-19-7-6-15-14(22)17-16-13(18)9-10-4-5-11(20-2)12(8-10)21-3/h4-5,8H,6-7,9H2,1-3H3,(H,16,18)(H2,15,17,22). The molecule has 1 aromatic carbocycles. The molecule has 1 rings (SSSR count). The van der Waals surface area contributed by atoms with Gasteiger partial charge in [-0.3, -0.25) is 15.6 Å². The molecule has 0 spiro atoms. The van der Waals surface area contributed by atoms with Crippen molar-refractivity contribution in [2.75, 3.05) is 34.5 Å². The van der Waals surface area contributed by atoms with Gasteiger partial charge in [-0.25, -0.2) is 0 Å². The first-order chi connectivity index (χ1) is 10.6. The molecular formula is C14H21N3O4S. The van der Waals surface area contributed by atoms with E-state index in [0.717, 1.165) is 5.56 Å². The lowest BCUT2D eigenvalue weighted by Gasteiger charge is -2.12. The summed E-state index contributed by atoms with van der Waals surface area (Å²) >= 11 is 4.99. The molecule has 0 aliphatic heterocycles. The average molecular weight is 327 g/mol. The Bertz CT molecular complexity index is 511. The number of nitrogens with one attached hydrogen (secondary N) is 3. The van der Waals surface area contributed by atoms with Crippen LogP contribution in [-0.2, 0) is 16.0 Å². The minimum absolute atomic E-state index is 0.189. The van der Waals surface area contributed by atoms with Crippen LogP contribution in [-0.4, -0.2) is 45.5 Å². The fourth-order valence-corrected chi connectivity index (χ4v) is 1.81. The Kier molecular flexibility index (Phi) is 8.01. The minimum Gasteiger partial charge on any atom is -0.493 e. The number of thiocarbonyl (C=S) groups is 1. The van der Waals surface area contributed by atoms with Crippen LogP contribution in [0.3, 0.4) is 0 Å². The van der Waals surface area contributed by atoms with Crippen molar-refractivity contribution >= 4 is 23.2 Å². The molecular weight excluding hydrogens is 306 g/mol. The molecule has 0 heterocycles. The number of carbonyl (C=O) groups excluding carboxylic acids is 1. The first-order valence-electron chi connectivity index (χ1n) is 6.63. The number of ether oxygens (including phenoxy) is 3. The van der Waals surface area contributed by atoms with Gasteiger partial charge in [-0.05, 0) is 29.9 Å². The van der Waals surface area contributed by atoms with Crippen LogP contribution in [0.15, 0.2) is 18.2 Å². The molecule has 0 atom stereocenters. The number of hydrogen-bond acceptors (Lipinski definition) is 5. The molecule has 0 aliphatic rings. The Labute approximate surface area is 135 Å². The lowest BCUT2D eigenvalue weighted by atomic mass is 10.1. The summed E-state index contributed by atoms with van der Waals surface area (Å²) in [6, 6.07) is 5.31. The van der Waals surface area contributed by atoms with Crippen LogP contribution >= 0.6 is 12.2 Å². The van der Waals surface area contributed by atoms with Crippen LogP contribution < -0.4 is 25.6 Å². The Morgan fingerprint density at radius 1 is 1.14 bits per heavy atom. The fourth-order valence-electron chi connectivity index (χ4n) is 1.66. The van der Waals surface area contributed by atoms with Gasteiger partial charge < -0.3 is 19.5 Å². The summed E-state index contributed by atoms with van der Waals surface area (Å²) in [6.07, 6.45) is 0.189. The van der Waals surface area contributed by atoms with Crippen LogP contribution in [0.2, 0.25) is 0 Å². The molecule has 22 heavy (non-hydrogen) atoms. The monoisotopic (exact) mass is 327 g/mol. The topological polar surface area (TPSA) is 80.9 Å². The maximum absolute atomic E-state index is 11.8. The van der Waals surface area contributed by atoms with Crippen molar-refractivity contribution in [2.24, 2.45) is 0 Å². The summed E-state index contributed by atoms with van der Waals surface area (Å²) in [7, 11) is 4.71. The Morgan fingerprint density at radius 3 is 2.50 bits per heavy atom. The van der Waals surface area contributed by atoms with E-state index < -0.39 is 0 Å². The zero-order valence-electron chi connectivity index (χ0n) is 12.9. The summed E-state index contributed by atoms with van der Waals surface area (Å²) in [5.41, 5.74) is 5.94. The van der Waals surface area contributed by atoms with E-state index in [0.29, 0.717) is 29.8 Å². The third-order valence-electron chi connectivity index (χ3n) is 2.72. The lowest BCUT2D eigenvalue weighted by Crippen LogP contribution is -2.47. The summed E-state index contributed by atoms with van der Waals surface area (Å²) in [4.78, 5) is 11.8. The highest BCUT2D eigenvalue weighted by molar-refractivity contribution is 7.80. The van der Waals surface area contributed by atoms with Crippen molar-refractivity contribution < 1.29 is 19.0 Å². The Balaban J connectivity index is 2.43. The number of rotatable bonds is 7. The van der Waals surface area contributed by atoms with Gasteiger partial charge in [-0.2, -0.15) is 0 Å². The number of hydrazine groups is 1. The van der Waals surface area contributed by atoms with Gasteiger partial charge in [0, 0.05) is 13.7 Å². The number of hydrogen-bond donors (Lipinski definition) is 3. The smallest absolute Gasteiger partial charge is 0.242 e. The van der Waals surface area contributed by atoms with E-state index in [1.807, 2.05) is 0 Å². The van der Waals surface area contributed by atoms with Crippen LogP contribution in [0.25, 0.3) is 0 Å². The Morgan fingerprint density at radius 2 is 1.86 bits per heavy atom. The van der Waals surface area contributed by atoms with E-state index >= 15 is 0 Å². The van der Waals surface area contributed by atoms with Crippen molar-refractivity contribution in [3.8, 4) is 11.5 Å².